The molecule has 1 fully saturated rings. The second kappa shape index (κ2) is 10.6. The molecule has 1 aliphatic heterocycles. The lowest BCUT2D eigenvalue weighted by Gasteiger charge is -2.24. The van der Waals surface area contributed by atoms with Gasteiger partial charge in [0, 0.05) is 18.4 Å². The number of amides is 3. The van der Waals surface area contributed by atoms with Crippen LogP contribution in [0.4, 0.5) is 4.79 Å². The zero-order valence-corrected chi connectivity index (χ0v) is 19.5. The van der Waals surface area contributed by atoms with Crippen LogP contribution in [0.5, 0.6) is 0 Å². The van der Waals surface area contributed by atoms with Crippen molar-refractivity contribution < 1.29 is 29.0 Å². The van der Waals surface area contributed by atoms with Crippen molar-refractivity contribution >= 4 is 23.9 Å². The van der Waals surface area contributed by atoms with Crippen LogP contribution < -0.4 is 10.7 Å². The van der Waals surface area contributed by atoms with Gasteiger partial charge in [0.15, 0.2) is 6.04 Å². The maximum absolute atomic E-state index is 12.8. The van der Waals surface area contributed by atoms with E-state index >= 15 is 0 Å². The maximum atomic E-state index is 12.8. The van der Waals surface area contributed by atoms with E-state index in [9.17, 15) is 24.3 Å². The fourth-order valence-electron chi connectivity index (χ4n) is 4.75. The molecule has 9 heteroatoms. The lowest BCUT2D eigenvalue weighted by Crippen LogP contribution is -2.49. The van der Waals surface area contributed by atoms with Crippen LogP contribution in [0.15, 0.2) is 48.5 Å². The minimum absolute atomic E-state index is 0.0833. The van der Waals surface area contributed by atoms with Crippen LogP contribution in [0.3, 0.4) is 0 Å². The molecule has 2 atom stereocenters. The van der Waals surface area contributed by atoms with Gasteiger partial charge in [0.1, 0.15) is 6.61 Å². The number of hydrogen-bond donors (Lipinski definition) is 3. The molecular weight excluding hydrogens is 450 g/mol. The van der Waals surface area contributed by atoms with E-state index in [0.717, 1.165) is 40.1 Å². The largest absolute Gasteiger partial charge is 0.480 e. The Balaban J connectivity index is 1.39. The smallest absolute Gasteiger partial charge is 0.407 e. The summed E-state index contributed by atoms with van der Waals surface area (Å²) in [7, 11) is 0. The maximum Gasteiger partial charge on any atom is 0.407 e. The molecule has 2 aliphatic rings. The SMILES string of the molecule is CCCCC(CC(=O)N1NC(=O)CC1C(=O)O)NC(=O)OCC1c2ccccc2-c2ccccc21. The van der Waals surface area contributed by atoms with E-state index in [1.165, 1.54) is 0 Å². The van der Waals surface area contributed by atoms with Crippen LogP contribution in [0.2, 0.25) is 0 Å². The molecule has 0 radical (unpaired) electrons. The second-order valence-corrected chi connectivity index (χ2v) is 8.87. The zero-order valence-electron chi connectivity index (χ0n) is 19.5. The molecule has 2 unspecified atom stereocenters. The van der Waals surface area contributed by atoms with Gasteiger partial charge in [-0.25, -0.2) is 14.6 Å². The Hall–Kier alpha value is -3.88. The average molecular weight is 480 g/mol. The predicted octanol–water partition coefficient (Wildman–Crippen LogP) is 3.19. The number of benzene rings is 2. The molecule has 0 saturated carbocycles. The summed E-state index contributed by atoms with van der Waals surface area (Å²) in [6.45, 7) is 2.14. The fourth-order valence-corrected chi connectivity index (χ4v) is 4.75. The van der Waals surface area contributed by atoms with Crippen LogP contribution in [0, 0.1) is 0 Å². The highest BCUT2D eigenvalue weighted by Gasteiger charge is 2.39. The van der Waals surface area contributed by atoms with Crippen LogP contribution in [-0.2, 0) is 19.1 Å². The Labute approximate surface area is 203 Å². The Morgan fingerprint density at radius 3 is 2.34 bits per heavy atom. The number of alkyl carbamates (subject to hydrolysis) is 1. The number of unbranched alkanes of at least 4 members (excludes halogenated alkanes) is 1. The molecule has 9 nitrogen and oxygen atoms in total. The Kier molecular flexibility index (Phi) is 7.33. The minimum Gasteiger partial charge on any atom is -0.480 e. The van der Waals surface area contributed by atoms with Gasteiger partial charge >= 0.3 is 12.1 Å². The number of hydrazine groups is 1. The molecule has 4 rings (SSSR count). The molecule has 0 spiro atoms. The van der Waals surface area contributed by atoms with Crippen LogP contribution >= 0.6 is 0 Å². The van der Waals surface area contributed by atoms with Crippen molar-refractivity contribution in [1.29, 1.82) is 0 Å². The Bertz CT molecular complexity index is 1090. The van der Waals surface area contributed by atoms with E-state index in [-0.39, 0.29) is 25.4 Å². The van der Waals surface area contributed by atoms with Gasteiger partial charge in [-0.05, 0) is 28.7 Å². The third kappa shape index (κ3) is 5.29. The molecule has 2 aromatic rings. The van der Waals surface area contributed by atoms with E-state index in [4.69, 9.17) is 4.74 Å². The summed E-state index contributed by atoms with van der Waals surface area (Å²) in [5.74, 6) is -2.44. The first kappa shape index (κ1) is 24.3. The topological polar surface area (TPSA) is 125 Å². The number of nitrogens with zero attached hydrogens (tertiary/aromatic N) is 1. The van der Waals surface area contributed by atoms with Gasteiger partial charge in [-0.15, -0.1) is 0 Å². The number of hydrogen-bond acceptors (Lipinski definition) is 5. The number of carboxylic acid groups (broad SMARTS) is 1. The van der Waals surface area contributed by atoms with Crippen molar-refractivity contribution in [2.24, 2.45) is 0 Å². The Morgan fingerprint density at radius 1 is 1.11 bits per heavy atom. The fraction of sp³-hybridized carbons (Fsp3) is 0.385. The van der Waals surface area contributed by atoms with Crippen molar-refractivity contribution in [3.8, 4) is 11.1 Å². The van der Waals surface area contributed by atoms with Gasteiger partial charge in [0.05, 0.1) is 6.42 Å². The number of fused-ring (bicyclic) bond motifs is 3. The number of carbonyl (C=O) groups excluding carboxylic acids is 3. The van der Waals surface area contributed by atoms with E-state index in [0.29, 0.717) is 6.42 Å². The van der Waals surface area contributed by atoms with Crippen molar-refractivity contribution in [3.05, 3.63) is 59.7 Å². The van der Waals surface area contributed by atoms with Gasteiger partial charge in [-0.1, -0.05) is 68.3 Å². The van der Waals surface area contributed by atoms with Crippen molar-refractivity contribution in [3.63, 3.8) is 0 Å². The molecule has 3 amide bonds. The third-order valence-electron chi connectivity index (χ3n) is 6.48. The molecule has 2 aromatic carbocycles. The van der Waals surface area contributed by atoms with Gasteiger partial charge < -0.3 is 15.2 Å². The summed E-state index contributed by atoms with van der Waals surface area (Å²) in [6, 6.07) is 14.3. The van der Waals surface area contributed by atoms with Crippen molar-refractivity contribution in [2.75, 3.05) is 6.61 Å². The first-order valence-corrected chi connectivity index (χ1v) is 11.8. The summed E-state index contributed by atoms with van der Waals surface area (Å²) in [5.41, 5.74) is 6.76. The zero-order chi connectivity index (χ0) is 24.9. The highest BCUT2D eigenvalue weighted by molar-refractivity contribution is 5.93. The highest BCUT2D eigenvalue weighted by atomic mass is 16.5. The van der Waals surface area contributed by atoms with E-state index < -0.39 is 36.0 Å². The normalized spacial score (nSPS) is 17.3. The van der Waals surface area contributed by atoms with Gasteiger partial charge in [0.25, 0.3) is 0 Å². The minimum atomic E-state index is -1.26. The molecular formula is C26H29N3O6. The van der Waals surface area contributed by atoms with Gasteiger partial charge in [0.2, 0.25) is 11.8 Å². The van der Waals surface area contributed by atoms with Crippen molar-refractivity contribution in [2.45, 2.75) is 57.0 Å². The molecule has 184 valence electrons. The molecule has 1 saturated heterocycles. The molecule has 3 N–H and O–H groups in total. The molecule has 1 aliphatic carbocycles. The first-order chi connectivity index (χ1) is 16.9. The lowest BCUT2D eigenvalue weighted by molar-refractivity contribution is -0.150. The monoisotopic (exact) mass is 479 g/mol. The number of ether oxygens (including phenoxy) is 1. The Morgan fingerprint density at radius 2 is 1.74 bits per heavy atom. The summed E-state index contributed by atoms with van der Waals surface area (Å²) in [4.78, 5) is 48.5. The summed E-state index contributed by atoms with van der Waals surface area (Å²) >= 11 is 0. The van der Waals surface area contributed by atoms with E-state index in [2.05, 4.69) is 22.9 Å². The summed E-state index contributed by atoms with van der Waals surface area (Å²) in [5, 5.41) is 12.9. The predicted molar refractivity (Wildman–Crippen MR) is 127 cm³/mol. The van der Waals surface area contributed by atoms with Crippen molar-refractivity contribution in [1.82, 2.24) is 15.8 Å². The summed E-state index contributed by atoms with van der Waals surface area (Å²) in [6.07, 6.45) is 1.06. The number of carboxylic acids is 1. The molecule has 0 aromatic heterocycles. The number of nitrogens with one attached hydrogen (secondary N) is 2. The van der Waals surface area contributed by atoms with E-state index in [1.54, 1.807) is 0 Å². The van der Waals surface area contributed by atoms with Gasteiger partial charge in [-0.3, -0.25) is 15.0 Å². The first-order valence-electron chi connectivity index (χ1n) is 11.8. The van der Waals surface area contributed by atoms with Crippen LogP contribution in [0.1, 0.15) is 56.1 Å². The number of carbonyl (C=O) groups is 4. The molecule has 35 heavy (non-hydrogen) atoms. The number of aliphatic carboxylic acids is 1. The molecule has 0 bridgehead atoms. The quantitative estimate of drug-likeness (QED) is 0.507. The standard InChI is InChI=1S/C26H29N3O6/c1-2-3-8-16(13-24(31)29-22(25(32)33)14-23(30)28-29)27-26(34)35-15-21-19-11-6-4-9-17(19)18-10-5-7-12-20(18)21/h4-7,9-12,16,21-22H,2-3,8,13-15H2,1H3,(H,27,34)(H,28,30)(H,32,33). The highest BCUT2D eigenvalue weighted by Crippen LogP contribution is 2.44. The summed E-state index contributed by atoms with van der Waals surface area (Å²) < 4.78 is 5.59. The third-order valence-corrected chi connectivity index (χ3v) is 6.48. The van der Waals surface area contributed by atoms with E-state index in [1.807, 2.05) is 43.3 Å². The van der Waals surface area contributed by atoms with Gasteiger partial charge in [-0.2, -0.15) is 0 Å². The average Bonchev–Trinajstić information content (AvgIpc) is 3.39. The molecule has 1 heterocycles. The number of rotatable bonds is 9. The van der Waals surface area contributed by atoms with Crippen LogP contribution in [0.25, 0.3) is 11.1 Å². The van der Waals surface area contributed by atoms with Crippen LogP contribution in [-0.4, -0.2) is 52.7 Å². The lowest BCUT2D eigenvalue weighted by atomic mass is 9.98. The second-order valence-electron chi connectivity index (χ2n) is 8.87.